The van der Waals surface area contributed by atoms with Crippen LogP contribution in [-0.2, 0) is 19.1 Å². The minimum absolute atomic E-state index is 0.0865. The summed E-state index contributed by atoms with van der Waals surface area (Å²) in [6.45, 7) is 6.32. The van der Waals surface area contributed by atoms with Crippen molar-refractivity contribution in [2.24, 2.45) is 23.7 Å². The molecule has 2 fully saturated rings. The zero-order valence-corrected chi connectivity index (χ0v) is 23.8. The van der Waals surface area contributed by atoms with Gasteiger partial charge in [0.1, 0.15) is 0 Å². The fraction of sp³-hybridized carbons (Fsp3) is 0.656. The van der Waals surface area contributed by atoms with Crippen LogP contribution in [0.4, 0.5) is 0 Å². The van der Waals surface area contributed by atoms with Crippen molar-refractivity contribution >= 4 is 17.9 Å². The highest BCUT2D eigenvalue weighted by Gasteiger charge is 2.33. The molecule has 216 valence electrons. The molecule has 0 unspecified atom stereocenters. The molecule has 0 N–H and O–H groups in total. The van der Waals surface area contributed by atoms with Crippen molar-refractivity contribution in [2.45, 2.75) is 90.4 Å². The highest BCUT2D eigenvalue weighted by Crippen LogP contribution is 2.42. The normalized spacial score (nSPS) is 22.9. The Morgan fingerprint density at radius 3 is 2.05 bits per heavy atom. The first-order valence-electron chi connectivity index (χ1n) is 14.8. The topological polar surface area (TPSA) is 88.1 Å². The molecule has 0 bridgehead atoms. The van der Waals surface area contributed by atoms with Gasteiger partial charge in [-0.1, -0.05) is 32.8 Å². The number of rotatable bonds is 14. The average molecular weight is 543 g/mol. The molecular formula is C32H46O7. The third-order valence-electron chi connectivity index (χ3n) is 8.53. The van der Waals surface area contributed by atoms with E-state index in [9.17, 15) is 14.4 Å². The summed E-state index contributed by atoms with van der Waals surface area (Å²) < 4.78 is 21.5. The SMILES string of the molecule is C=CC(=O)OCCCCCCOC(=O)c1ccc(OC(=O)C2CCC(C3CCC(CC)CC3)CC2)c(OC)c1. The molecule has 0 aliphatic heterocycles. The van der Waals surface area contributed by atoms with E-state index in [1.54, 1.807) is 18.2 Å². The summed E-state index contributed by atoms with van der Waals surface area (Å²) in [6.07, 6.45) is 15.0. The van der Waals surface area contributed by atoms with Crippen LogP contribution in [0.1, 0.15) is 101 Å². The average Bonchev–Trinajstić information content (AvgIpc) is 2.98. The maximum absolute atomic E-state index is 12.9. The molecule has 0 saturated heterocycles. The Morgan fingerprint density at radius 2 is 1.46 bits per heavy atom. The van der Waals surface area contributed by atoms with Gasteiger partial charge in [-0.2, -0.15) is 0 Å². The van der Waals surface area contributed by atoms with Crippen LogP contribution in [0, 0.1) is 23.7 Å². The van der Waals surface area contributed by atoms with Gasteiger partial charge in [0.05, 0.1) is 31.8 Å². The lowest BCUT2D eigenvalue weighted by Crippen LogP contribution is -2.30. The van der Waals surface area contributed by atoms with E-state index in [2.05, 4.69) is 13.5 Å². The molecule has 0 amide bonds. The minimum atomic E-state index is -0.447. The van der Waals surface area contributed by atoms with E-state index in [0.717, 1.165) is 75.2 Å². The number of hydrogen-bond donors (Lipinski definition) is 0. The molecule has 1 aromatic carbocycles. The molecule has 2 saturated carbocycles. The standard InChI is InChI=1S/C32H46O7/c1-4-23-10-12-24(13-11-23)25-14-16-26(17-15-25)32(35)39-28-19-18-27(22-29(28)36-3)31(34)38-21-9-7-6-8-20-37-30(33)5-2/h5,18-19,22-26H,2,4,6-17,20-21H2,1,3H3. The van der Waals surface area contributed by atoms with E-state index in [0.29, 0.717) is 30.3 Å². The van der Waals surface area contributed by atoms with E-state index in [1.807, 2.05) is 0 Å². The number of hydrogen-bond acceptors (Lipinski definition) is 7. The zero-order valence-electron chi connectivity index (χ0n) is 23.8. The Bertz CT molecular complexity index is 940. The van der Waals surface area contributed by atoms with Crippen molar-refractivity contribution in [3.8, 4) is 11.5 Å². The Hall–Kier alpha value is -2.83. The van der Waals surface area contributed by atoms with Gasteiger partial charge in [0.15, 0.2) is 11.5 Å². The number of ether oxygens (including phenoxy) is 4. The molecule has 2 aliphatic rings. The summed E-state index contributed by atoms with van der Waals surface area (Å²) in [5.74, 6) is 1.99. The molecule has 0 radical (unpaired) electrons. The molecule has 2 aliphatic carbocycles. The molecule has 0 atom stereocenters. The number of carbonyl (C=O) groups is 3. The van der Waals surface area contributed by atoms with Crippen molar-refractivity contribution in [2.75, 3.05) is 20.3 Å². The molecule has 7 nitrogen and oxygen atoms in total. The van der Waals surface area contributed by atoms with Crippen LogP contribution < -0.4 is 9.47 Å². The Morgan fingerprint density at radius 1 is 0.846 bits per heavy atom. The Labute approximate surface area is 233 Å². The molecule has 3 rings (SSSR count). The largest absolute Gasteiger partial charge is 0.493 e. The summed E-state index contributed by atoms with van der Waals surface area (Å²) in [7, 11) is 1.49. The van der Waals surface area contributed by atoms with E-state index in [4.69, 9.17) is 18.9 Å². The molecule has 0 aromatic heterocycles. The summed E-state index contributed by atoms with van der Waals surface area (Å²) in [6, 6.07) is 4.77. The predicted octanol–water partition coefficient (Wildman–Crippen LogP) is 7.07. The lowest BCUT2D eigenvalue weighted by atomic mass is 9.69. The van der Waals surface area contributed by atoms with Gasteiger partial charge in [-0.05, 0) is 100 Å². The third kappa shape index (κ3) is 9.70. The number of carbonyl (C=O) groups excluding carboxylic acids is 3. The number of benzene rings is 1. The predicted molar refractivity (Wildman–Crippen MR) is 150 cm³/mol. The fourth-order valence-electron chi connectivity index (χ4n) is 6.00. The van der Waals surface area contributed by atoms with Crippen LogP contribution in [-0.4, -0.2) is 38.2 Å². The second kappa shape index (κ2) is 16.3. The van der Waals surface area contributed by atoms with Crippen LogP contribution in [0.5, 0.6) is 11.5 Å². The quantitative estimate of drug-likeness (QED) is 0.107. The molecule has 7 heteroatoms. The van der Waals surface area contributed by atoms with E-state index < -0.39 is 11.9 Å². The minimum Gasteiger partial charge on any atom is -0.493 e. The fourth-order valence-corrected chi connectivity index (χ4v) is 6.00. The first-order valence-corrected chi connectivity index (χ1v) is 14.8. The van der Waals surface area contributed by atoms with E-state index in [-0.39, 0.29) is 11.9 Å². The van der Waals surface area contributed by atoms with Crippen molar-refractivity contribution in [1.29, 1.82) is 0 Å². The van der Waals surface area contributed by atoms with Crippen LogP contribution in [0.2, 0.25) is 0 Å². The highest BCUT2D eigenvalue weighted by atomic mass is 16.6. The summed E-state index contributed by atoms with van der Waals surface area (Å²) in [5, 5.41) is 0. The molecule has 39 heavy (non-hydrogen) atoms. The van der Waals surface area contributed by atoms with Gasteiger partial charge in [0.25, 0.3) is 0 Å². The maximum Gasteiger partial charge on any atom is 0.338 e. The summed E-state index contributed by atoms with van der Waals surface area (Å²) in [4.78, 5) is 36.4. The number of methoxy groups -OCH3 is 1. The third-order valence-corrected chi connectivity index (χ3v) is 8.53. The highest BCUT2D eigenvalue weighted by molar-refractivity contribution is 5.90. The summed E-state index contributed by atoms with van der Waals surface area (Å²) in [5.41, 5.74) is 0.348. The first kappa shape index (κ1) is 30.7. The smallest absolute Gasteiger partial charge is 0.338 e. The van der Waals surface area contributed by atoms with Gasteiger partial charge in [-0.25, -0.2) is 9.59 Å². The number of unbranched alkanes of at least 4 members (excludes halogenated alkanes) is 3. The molecular weight excluding hydrogens is 496 g/mol. The zero-order chi connectivity index (χ0) is 28.0. The van der Waals surface area contributed by atoms with Gasteiger partial charge in [-0.3, -0.25) is 4.79 Å². The second-order valence-corrected chi connectivity index (χ2v) is 11.0. The van der Waals surface area contributed by atoms with Crippen LogP contribution >= 0.6 is 0 Å². The van der Waals surface area contributed by atoms with Gasteiger partial charge >= 0.3 is 17.9 Å². The number of esters is 3. The Kier molecular flexibility index (Phi) is 12.8. The summed E-state index contributed by atoms with van der Waals surface area (Å²) >= 11 is 0. The van der Waals surface area contributed by atoms with Gasteiger partial charge in [0, 0.05) is 6.08 Å². The van der Waals surface area contributed by atoms with Gasteiger partial charge in [-0.15, -0.1) is 0 Å². The molecule has 0 spiro atoms. The van der Waals surface area contributed by atoms with Crippen LogP contribution in [0.25, 0.3) is 0 Å². The monoisotopic (exact) mass is 542 g/mol. The van der Waals surface area contributed by atoms with Crippen molar-refractivity contribution in [3.63, 3.8) is 0 Å². The Balaban J connectivity index is 1.38. The molecule has 1 aromatic rings. The van der Waals surface area contributed by atoms with Crippen LogP contribution in [0.15, 0.2) is 30.9 Å². The van der Waals surface area contributed by atoms with E-state index in [1.165, 1.54) is 39.2 Å². The second-order valence-electron chi connectivity index (χ2n) is 11.0. The first-order chi connectivity index (χ1) is 18.9. The lowest BCUT2D eigenvalue weighted by Gasteiger charge is -2.37. The van der Waals surface area contributed by atoms with Gasteiger partial charge in [0.2, 0.25) is 0 Å². The van der Waals surface area contributed by atoms with Crippen LogP contribution in [0.3, 0.4) is 0 Å². The maximum atomic E-state index is 12.9. The lowest BCUT2D eigenvalue weighted by molar-refractivity contribution is -0.140. The molecule has 0 heterocycles. The van der Waals surface area contributed by atoms with E-state index >= 15 is 0 Å². The van der Waals surface area contributed by atoms with Crippen molar-refractivity contribution in [1.82, 2.24) is 0 Å². The van der Waals surface area contributed by atoms with Gasteiger partial charge < -0.3 is 18.9 Å². The van der Waals surface area contributed by atoms with Crippen molar-refractivity contribution < 1.29 is 33.3 Å². The van der Waals surface area contributed by atoms with Crippen molar-refractivity contribution in [3.05, 3.63) is 36.4 Å².